The zero-order valence-corrected chi connectivity index (χ0v) is 8.68. The summed E-state index contributed by atoms with van der Waals surface area (Å²) < 4.78 is 5.29. The Labute approximate surface area is 80.5 Å². The Morgan fingerprint density at radius 1 is 1.62 bits per heavy atom. The van der Waals surface area contributed by atoms with E-state index in [9.17, 15) is 0 Å². The largest absolute Gasteiger partial charge is 0.394 e. The molecular formula is C10H21NO2. The van der Waals surface area contributed by atoms with E-state index in [0.717, 1.165) is 32.6 Å². The maximum absolute atomic E-state index is 9.17. The zero-order chi connectivity index (χ0) is 9.73. The van der Waals surface area contributed by atoms with Gasteiger partial charge in [-0.1, -0.05) is 6.92 Å². The minimum atomic E-state index is -0.109. The van der Waals surface area contributed by atoms with Crippen molar-refractivity contribution in [2.24, 2.45) is 5.92 Å². The van der Waals surface area contributed by atoms with E-state index in [2.05, 4.69) is 19.2 Å². The van der Waals surface area contributed by atoms with E-state index < -0.39 is 0 Å². The van der Waals surface area contributed by atoms with Gasteiger partial charge in [0.05, 0.1) is 13.2 Å². The van der Waals surface area contributed by atoms with Gasteiger partial charge in [-0.05, 0) is 25.7 Å². The highest BCUT2D eigenvalue weighted by molar-refractivity contribution is 4.82. The van der Waals surface area contributed by atoms with E-state index in [0.29, 0.717) is 5.92 Å². The summed E-state index contributed by atoms with van der Waals surface area (Å²) in [4.78, 5) is 0. The molecule has 0 aliphatic carbocycles. The molecule has 2 N–H and O–H groups in total. The van der Waals surface area contributed by atoms with Gasteiger partial charge in [0.15, 0.2) is 0 Å². The third-order valence-corrected chi connectivity index (χ3v) is 2.97. The molecule has 0 amide bonds. The molecule has 1 fully saturated rings. The summed E-state index contributed by atoms with van der Waals surface area (Å²) in [6.45, 7) is 7.09. The van der Waals surface area contributed by atoms with Crippen LogP contribution in [-0.4, -0.2) is 37.0 Å². The summed E-state index contributed by atoms with van der Waals surface area (Å²) in [7, 11) is 0. The predicted octanol–water partition coefficient (Wildman–Crippen LogP) is 0.774. The molecule has 0 aromatic heterocycles. The van der Waals surface area contributed by atoms with Crippen LogP contribution in [0.3, 0.4) is 0 Å². The maximum Gasteiger partial charge on any atom is 0.0610 e. The van der Waals surface area contributed by atoms with Crippen molar-refractivity contribution < 1.29 is 9.84 Å². The highest BCUT2D eigenvalue weighted by Gasteiger charge is 2.23. The van der Waals surface area contributed by atoms with Crippen LogP contribution in [-0.2, 0) is 4.74 Å². The lowest BCUT2D eigenvalue weighted by molar-refractivity contribution is 0.155. The van der Waals surface area contributed by atoms with E-state index in [1.807, 2.05) is 0 Å². The molecule has 1 saturated heterocycles. The molecule has 3 nitrogen and oxygen atoms in total. The number of nitrogens with one attached hydrogen (secondary N) is 1. The summed E-state index contributed by atoms with van der Waals surface area (Å²) in [6, 6.07) is 0. The second-order valence-electron chi connectivity index (χ2n) is 4.18. The van der Waals surface area contributed by atoms with Crippen LogP contribution >= 0.6 is 0 Å². The Bertz CT molecular complexity index is 140. The van der Waals surface area contributed by atoms with Gasteiger partial charge in [0, 0.05) is 18.7 Å². The molecule has 1 aliphatic rings. The monoisotopic (exact) mass is 187 g/mol. The van der Waals surface area contributed by atoms with Crippen LogP contribution in [0.5, 0.6) is 0 Å². The van der Waals surface area contributed by atoms with Crippen molar-refractivity contribution in [3.05, 3.63) is 0 Å². The van der Waals surface area contributed by atoms with Gasteiger partial charge < -0.3 is 15.2 Å². The minimum Gasteiger partial charge on any atom is -0.394 e. The van der Waals surface area contributed by atoms with E-state index in [1.54, 1.807) is 0 Å². The van der Waals surface area contributed by atoms with Crippen molar-refractivity contribution in [3.63, 3.8) is 0 Å². The molecule has 3 heteroatoms. The number of hydrogen-bond donors (Lipinski definition) is 2. The number of ether oxygens (including phenoxy) is 1. The second kappa shape index (κ2) is 4.94. The first-order valence-electron chi connectivity index (χ1n) is 5.14. The fourth-order valence-corrected chi connectivity index (χ4v) is 1.43. The van der Waals surface area contributed by atoms with Crippen LogP contribution in [0.25, 0.3) is 0 Å². The van der Waals surface area contributed by atoms with Crippen LogP contribution < -0.4 is 5.32 Å². The SMILES string of the molecule is CCC(C)(CO)NCC1CCOC1. The summed E-state index contributed by atoms with van der Waals surface area (Å²) >= 11 is 0. The van der Waals surface area contributed by atoms with Gasteiger partial charge in [-0.3, -0.25) is 0 Å². The van der Waals surface area contributed by atoms with Crippen molar-refractivity contribution in [3.8, 4) is 0 Å². The normalized spacial score (nSPS) is 27.5. The number of hydrogen-bond acceptors (Lipinski definition) is 3. The predicted molar refractivity (Wildman–Crippen MR) is 52.7 cm³/mol. The fourth-order valence-electron chi connectivity index (χ4n) is 1.43. The molecule has 2 unspecified atom stereocenters. The number of aliphatic hydroxyl groups is 1. The molecular weight excluding hydrogens is 166 g/mol. The van der Waals surface area contributed by atoms with Crippen molar-refractivity contribution in [1.82, 2.24) is 5.32 Å². The first-order valence-corrected chi connectivity index (χ1v) is 5.14. The first-order chi connectivity index (χ1) is 6.20. The molecule has 1 rings (SSSR count). The zero-order valence-electron chi connectivity index (χ0n) is 8.68. The lowest BCUT2D eigenvalue weighted by Crippen LogP contribution is -2.47. The summed E-state index contributed by atoms with van der Waals surface area (Å²) in [5.41, 5.74) is -0.109. The van der Waals surface area contributed by atoms with Gasteiger partial charge in [-0.25, -0.2) is 0 Å². The van der Waals surface area contributed by atoms with Crippen LogP contribution in [0.2, 0.25) is 0 Å². The lowest BCUT2D eigenvalue weighted by Gasteiger charge is -2.28. The second-order valence-corrected chi connectivity index (χ2v) is 4.18. The Morgan fingerprint density at radius 2 is 2.38 bits per heavy atom. The Hall–Kier alpha value is -0.120. The van der Waals surface area contributed by atoms with E-state index in [-0.39, 0.29) is 12.1 Å². The Balaban J connectivity index is 2.22. The van der Waals surface area contributed by atoms with Crippen LogP contribution in [0.15, 0.2) is 0 Å². The van der Waals surface area contributed by atoms with Gasteiger partial charge in [-0.2, -0.15) is 0 Å². The average Bonchev–Trinajstić information content (AvgIpc) is 2.67. The smallest absolute Gasteiger partial charge is 0.0610 e. The lowest BCUT2D eigenvalue weighted by atomic mass is 9.98. The summed E-state index contributed by atoms with van der Waals surface area (Å²) in [6.07, 6.45) is 2.11. The molecule has 0 aromatic carbocycles. The van der Waals surface area contributed by atoms with Crippen molar-refractivity contribution in [2.75, 3.05) is 26.4 Å². The molecule has 0 radical (unpaired) electrons. The van der Waals surface area contributed by atoms with Gasteiger partial charge in [0.25, 0.3) is 0 Å². The van der Waals surface area contributed by atoms with Crippen molar-refractivity contribution >= 4 is 0 Å². The van der Waals surface area contributed by atoms with Crippen molar-refractivity contribution in [1.29, 1.82) is 0 Å². The molecule has 0 saturated carbocycles. The Kier molecular flexibility index (Phi) is 4.16. The molecule has 1 heterocycles. The highest BCUT2D eigenvalue weighted by Crippen LogP contribution is 2.14. The quantitative estimate of drug-likeness (QED) is 0.668. The first kappa shape index (κ1) is 11.0. The molecule has 13 heavy (non-hydrogen) atoms. The van der Waals surface area contributed by atoms with E-state index in [4.69, 9.17) is 9.84 Å². The molecule has 0 bridgehead atoms. The number of rotatable bonds is 5. The highest BCUT2D eigenvalue weighted by atomic mass is 16.5. The van der Waals surface area contributed by atoms with Gasteiger partial charge in [0.1, 0.15) is 0 Å². The van der Waals surface area contributed by atoms with Crippen LogP contribution in [0.4, 0.5) is 0 Å². The molecule has 1 aliphatic heterocycles. The van der Waals surface area contributed by atoms with Crippen LogP contribution in [0.1, 0.15) is 26.7 Å². The topological polar surface area (TPSA) is 41.5 Å². The fraction of sp³-hybridized carbons (Fsp3) is 1.00. The maximum atomic E-state index is 9.17. The van der Waals surface area contributed by atoms with Gasteiger partial charge >= 0.3 is 0 Å². The summed E-state index contributed by atoms with van der Waals surface area (Å²) in [5, 5.41) is 12.6. The number of aliphatic hydroxyl groups excluding tert-OH is 1. The third-order valence-electron chi connectivity index (χ3n) is 2.97. The standard InChI is InChI=1S/C10H21NO2/c1-3-10(2,8-12)11-6-9-4-5-13-7-9/h9,11-12H,3-8H2,1-2H3. The minimum absolute atomic E-state index is 0.109. The third kappa shape index (κ3) is 3.25. The Morgan fingerprint density at radius 3 is 2.85 bits per heavy atom. The molecule has 0 spiro atoms. The van der Waals surface area contributed by atoms with Crippen LogP contribution in [0, 0.1) is 5.92 Å². The van der Waals surface area contributed by atoms with Crippen molar-refractivity contribution in [2.45, 2.75) is 32.2 Å². The van der Waals surface area contributed by atoms with E-state index in [1.165, 1.54) is 0 Å². The van der Waals surface area contributed by atoms with E-state index >= 15 is 0 Å². The molecule has 0 aromatic rings. The molecule has 78 valence electrons. The van der Waals surface area contributed by atoms with Gasteiger partial charge in [-0.15, -0.1) is 0 Å². The average molecular weight is 187 g/mol. The summed E-state index contributed by atoms with van der Waals surface area (Å²) in [5.74, 6) is 0.637. The van der Waals surface area contributed by atoms with Gasteiger partial charge in [0.2, 0.25) is 0 Å². The molecule has 2 atom stereocenters.